The molecule has 0 aromatic heterocycles. The molecule has 1 heterocycles. The van der Waals surface area contributed by atoms with Gasteiger partial charge in [-0.05, 0) is 70.6 Å². The number of carbonyl (C=O) groups excluding carboxylic acids is 1. The van der Waals surface area contributed by atoms with Gasteiger partial charge in [-0.3, -0.25) is 10.1 Å². The summed E-state index contributed by atoms with van der Waals surface area (Å²) in [6.45, 7) is 7.50. The van der Waals surface area contributed by atoms with Gasteiger partial charge in [0.25, 0.3) is 0 Å². The average molecular weight is 370 g/mol. The zero-order valence-electron chi connectivity index (χ0n) is 16.4. The van der Waals surface area contributed by atoms with E-state index < -0.39 is 17.3 Å². The number of hydrogen-bond donors (Lipinski definition) is 3. The summed E-state index contributed by atoms with van der Waals surface area (Å²) in [6.07, 6.45) is 7.60. The van der Waals surface area contributed by atoms with Crippen molar-refractivity contribution in [3.8, 4) is 0 Å². The van der Waals surface area contributed by atoms with E-state index in [0.29, 0.717) is 25.9 Å². The fourth-order valence-electron chi connectivity index (χ4n) is 2.96. The molecular formula is C20H34O6. The van der Waals surface area contributed by atoms with Gasteiger partial charge in [-0.15, -0.1) is 0 Å². The smallest absolute Gasteiger partial charge is 0.158 e. The molecule has 2 unspecified atom stereocenters. The molecule has 0 aromatic carbocycles. The SMILES string of the molecule is CC(CCCC1(C)OC/C(=C/CO)CC[C@H]1O)C(=O)/C=C/C(C)(C)OO. The third kappa shape index (κ3) is 7.29. The first-order valence-corrected chi connectivity index (χ1v) is 9.30. The maximum absolute atomic E-state index is 12.2. The third-order valence-corrected chi connectivity index (χ3v) is 5.09. The van der Waals surface area contributed by atoms with Gasteiger partial charge in [0.2, 0.25) is 0 Å². The lowest BCUT2D eigenvalue weighted by Crippen LogP contribution is -2.41. The lowest BCUT2D eigenvalue weighted by molar-refractivity contribution is -0.297. The van der Waals surface area contributed by atoms with Crippen LogP contribution in [-0.2, 0) is 14.4 Å². The first kappa shape index (κ1) is 23.0. The van der Waals surface area contributed by atoms with Crippen LogP contribution in [0.25, 0.3) is 0 Å². The Hall–Kier alpha value is -1.05. The molecule has 1 aliphatic heterocycles. The molecule has 3 N–H and O–H groups in total. The number of allylic oxidation sites excluding steroid dienone is 1. The summed E-state index contributed by atoms with van der Waals surface area (Å²) in [5.41, 5.74) is -0.519. The van der Waals surface area contributed by atoms with Crippen molar-refractivity contribution < 1.29 is 29.9 Å². The van der Waals surface area contributed by atoms with Gasteiger partial charge in [0, 0.05) is 5.92 Å². The van der Waals surface area contributed by atoms with Crippen LogP contribution in [0.4, 0.5) is 0 Å². The Morgan fingerprint density at radius 3 is 2.81 bits per heavy atom. The fourth-order valence-corrected chi connectivity index (χ4v) is 2.96. The quantitative estimate of drug-likeness (QED) is 0.250. The molecule has 1 fully saturated rings. The topological polar surface area (TPSA) is 96.2 Å². The van der Waals surface area contributed by atoms with E-state index in [1.165, 1.54) is 6.08 Å². The molecule has 1 aliphatic rings. The summed E-state index contributed by atoms with van der Waals surface area (Å²) in [5, 5.41) is 28.2. The lowest BCUT2D eigenvalue weighted by atomic mass is 9.87. The first-order chi connectivity index (χ1) is 12.1. The van der Waals surface area contributed by atoms with Crippen molar-refractivity contribution in [2.75, 3.05) is 13.2 Å². The standard InChI is InChI=1S/C20H34O6/c1-15(17(22)9-12-19(2,3)26-24)6-5-11-20(4)18(23)8-7-16(10-13-21)14-25-20/h9-10,12,15,18,21,23-24H,5-8,11,13-14H2,1-4H3/b12-9+,16-10+/t15?,18-,20?/m1/s1. The molecule has 6 heteroatoms. The third-order valence-electron chi connectivity index (χ3n) is 5.09. The van der Waals surface area contributed by atoms with Gasteiger partial charge in [-0.25, -0.2) is 4.89 Å². The van der Waals surface area contributed by atoms with E-state index in [9.17, 15) is 9.90 Å². The van der Waals surface area contributed by atoms with Gasteiger partial charge in [-0.2, -0.15) is 0 Å². The van der Waals surface area contributed by atoms with Crippen molar-refractivity contribution in [3.63, 3.8) is 0 Å². The Morgan fingerprint density at radius 1 is 1.50 bits per heavy atom. The Labute approximate surface area is 156 Å². The summed E-state index contributed by atoms with van der Waals surface area (Å²) >= 11 is 0. The number of carbonyl (C=O) groups is 1. The molecule has 0 saturated carbocycles. The molecule has 26 heavy (non-hydrogen) atoms. The molecule has 0 amide bonds. The molecule has 150 valence electrons. The summed E-state index contributed by atoms with van der Waals surface area (Å²) in [4.78, 5) is 16.5. The van der Waals surface area contributed by atoms with Gasteiger partial charge in [0.1, 0.15) is 5.60 Å². The Balaban J connectivity index is 2.52. The van der Waals surface area contributed by atoms with Crippen LogP contribution < -0.4 is 0 Å². The minimum Gasteiger partial charge on any atom is -0.392 e. The van der Waals surface area contributed by atoms with Crippen molar-refractivity contribution in [1.29, 1.82) is 0 Å². The fraction of sp³-hybridized carbons (Fsp3) is 0.750. The second-order valence-electron chi connectivity index (χ2n) is 7.92. The Morgan fingerprint density at radius 2 is 2.19 bits per heavy atom. The normalized spacial score (nSPS) is 27.7. The van der Waals surface area contributed by atoms with Gasteiger partial charge in [-0.1, -0.05) is 13.0 Å². The monoisotopic (exact) mass is 370 g/mol. The molecule has 6 nitrogen and oxygen atoms in total. The van der Waals surface area contributed by atoms with E-state index in [1.807, 2.05) is 13.8 Å². The molecule has 1 rings (SSSR count). The lowest BCUT2D eigenvalue weighted by Gasteiger charge is -2.33. The maximum atomic E-state index is 12.2. The van der Waals surface area contributed by atoms with Crippen LogP contribution in [0.1, 0.15) is 59.8 Å². The van der Waals surface area contributed by atoms with Crippen molar-refractivity contribution in [2.45, 2.75) is 77.1 Å². The number of rotatable bonds is 9. The largest absolute Gasteiger partial charge is 0.392 e. The average Bonchev–Trinajstić information content (AvgIpc) is 2.74. The van der Waals surface area contributed by atoms with Crippen LogP contribution in [-0.4, -0.2) is 51.8 Å². The van der Waals surface area contributed by atoms with Crippen molar-refractivity contribution in [2.24, 2.45) is 5.92 Å². The Kier molecular flexibility index (Phi) is 9.13. The molecule has 3 atom stereocenters. The molecule has 0 radical (unpaired) electrons. The van der Waals surface area contributed by atoms with Gasteiger partial charge >= 0.3 is 0 Å². The second-order valence-corrected chi connectivity index (χ2v) is 7.92. The van der Waals surface area contributed by atoms with E-state index >= 15 is 0 Å². The highest BCUT2D eigenvalue weighted by Gasteiger charge is 2.36. The number of aliphatic hydroxyl groups is 2. The van der Waals surface area contributed by atoms with Crippen LogP contribution in [0, 0.1) is 5.92 Å². The minimum atomic E-state index is -0.888. The van der Waals surface area contributed by atoms with Crippen LogP contribution in [0.5, 0.6) is 0 Å². The predicted octanol–water partition coefficient (Wildman–Crippen LogP) is 3.04. The van der Waals surface area contributed by atoms with E-state index in [4.69, 9.17) is 15.1 Å². The molecule has 1 saturated heterocycles. The highest BCUT2D eigenvalue weighted by atomic mass is 17.1. The van der Waals surface area contributed by atoms with Crippen molar-refractivity contribution in [3.05, 3.63) is 23.8 Å². The highest BCUT2D eigenvalue weighted by Crippen LogP contribution is 2.31. The number of ketones is 1. The second kappa shape index (κ2) is 10.3. The van der Waals surface area contributed by atoms with Crippen LogP contribution >= 0.6 is 0 Å². The van der Waals surface area contributed by atoms with E-state index in [-0.39, 0.29) is 18.3 Å². The summed E-state index contributed by atoms with van der Waals surface area (Å²) < 4.78 is 5.94. The van der Waals surface area contributed by atoms with Crippen LogP contribution in [0.2, 0.25) is 0 Å². The van der Waals surface area contributed by atoms with Crippen LogP contribution in [0.15, 0.2) is 23.8 Å². The van der Waals surface area contributed by atoms with Gasteiger partial charge < -0.3 is 14.9 Å². The highest BCUT2D eigenvalue weighted by molar-refractivity contribution is 5.91. The van der Waals surface area contributed by atoms with Crippen molar-refractivity contribution in [1.82, 2.24) is 0 Å². The minimum absolute atomic E-state index is 0.0171. The molecule has 0 aromatic rings. The van der Waals surface area contributed by atoms with Crippen LogP contribution in [0.3, 0.4) is 0 Å². The maximum Gasteiger partial charge on any atom is 0.158 e. The van der Waals surface area contributed by atoms with E-state index in [2.05, 4.69) is 4.89 Å². The van der Waals surface area contributed by atoms with E-state index in [1.54, 1.807) is 26.0 Å². The summed E-state index contributed by atoms with van der Waals surface area (Å²) in [7, 11) is 0. The summed E-state index contributed by atoms with van der Waals surface area (Å²) in [6, 6.07) is 0. The van der Waals surface area contributed by atoms with Gasteiger partial charge in [0.05, 0.1) is 24.9 Å². The molecular weight excluding hydrogens is 336 g/mol. The number of aliphatic hydroxyl groups excluding tert-OH is 2. The summed E-state index contributed by atoms with van der Waals surface area (Å²) in [5.74, 6) is -0.173. The molecule has 0 spiro atoms. The van der Waals surface area contributed by atoms with E-state index in [0.717, 1.165) is 18.4 Å². The number of ether oxygens (including phenoxy) is 1. The zero-order valence-corrected chi connectivity index (χ0v) is 16.4. The predicted molar refractivity (Wildman–Crippen MR) is 99.7 cm³/mol. The van der Waals surface area contributed by atoms with Gasteiger partial charge in [0.15, 0.2) is 5.78 Å². The Bertz CT molecular complexity index is 510. The zero-order chi connectivity index (χ0) is 19.8. The molecule has 0 aliphatic carbocycles. The first-order valence-electron chi connectivity index (χ1n) is 9.30. The number of hydrogen-bond acceptors (Lipinski definition) is 6. The molecule has 0 bridgehead atoms. The van der Waals surface area contributed by atoms with Crippen molar-refractivity contribution >= 4 is 5.78 Å².